The molecule has 1 fully saturated rings. The normalized spacial score (nSPS) is 23.3. The van der Waals surface area contributed by atoms with Crippen LogP contribution in [0.1, 0.15) is 19.8 Å². The first kappa shape index (κ1) is 13.4. The fourth-order valence-corrected chi connectivity index (χ4v) is 2.14. The summed E-state index contributed by atoms with van der Waals surface area (Å²) in [6, 6.07) is -0.0281. The van der Waals surface area contributed by atoms with E-state index in [1.807, 2.05) is 6.92 Å². The highest BCUT2D eigenvalue weighted by molar-refractivity contribution is 5.81. The molecule has 0 bridgehead atoms. The van der Waals surface area contributed by atoms with Gasteiger partial charge in [0.05, 0.1) is 19.3 Å². The van der Waals surface area contributed by atoms with E-state index in [0.717, 1.165) is 19.4 Å². The molecule has 1 aliphatic rings. The Labute approximate surface area is 96.8 Å². The summed E-state index contributed by atoms with van der Waals surface area (Å²) in [6.45, 7) is 3.98. The lowest BCUT2D eigenvalue weighted by Crippen LogP contribution is -2.48. The van der Waals surface area contributed by atoms with Gasteiger partial charge in [-0.2, -0.15) is 0 Å². The zero-order valence-corrected chi connectivity index (χ0v) is 10.1. The van der Waals surface area contributed by atoms with Crippen LogP contribution in [0.2, 0.25) is 0 Å². The van der Waals surface area contributed by atoms with Crippen LogP contribution >= 0.6 is 0 Å². The zero-order chi connectivity index (χ0) is 12.0. The summed E-state index contributed by atoms with van der Waals surface area (Å²) < 4.78 is 4.87. The monoisotopic (exact) mass is 230 g/mol. The number of nitrogens with one attached hydrogen (secondary N) is 1. The molecule has 94 valence electrons. The number of likely N-dealkylation sites (tertiary alicyclic amines) is 1. The van der Waals surface area contributed by atoms with Crippen LogP contribution in [0.25, 0.3) is 0 Å². The van der Waals surface area contributed by atoms with Gasteiger partial charge < -0.3 is 15.2 Å². The second-order valence-corrected chi connectivity index (χ2v) is 4.18. The fourth-order valence-electron chi connectivity index (χ4n) is 2.14. The first-order chi connectivity index (χ1) is 7.70. The van der Waals surface area contributed by atoms with Crippen LogP contribution in [0, 0.1) is 0 Å². The van der Waals surface area contributed by atoms with Crippen molar-refractivity contribution >= 4 is 5.91 Å². The lowest BCUT2D eigenvalue weighted by atomic mass is 10.2. The molecule has 0 spiro atoms. The molecular formula is C11H22N2O3. The van der Waals surface area contributed by atoms with Gasteiger partial charge in [-0.3, -0.25) is 9.69 Å². The smallest absolute Gasteiger partial charge is 0.237 e. The van der Waals surface area contributed by atoms with Crippen molar-refractivity contribution in [2.75, 3.05) is 33.4 Å². The van der Waals surface area contributed by atoms with E-state index in [1.165, 1.54) is 0 Å². The summed E-state index contributed by atoms with van der Waals surface area (Å²) in [7, 11) is 1.61. The highest BCUT2D eigenvalue weighted by Crippen LogP contribution is 2.19. The van der Waals surface area contributed by atoms with Gasteiger partial charge in [0.15, 0.2) is 0 Å². The molecule has 1 aliphatic heterocycles. The number of hydrogen-bond donors (Lipinski definition) is 2. The van der Waals surface area contributed by atoms with Gasteiger partial charge in [0.1, 0.15) is 0 Å². The SMILES string of the molecule is COCCNC(=O)C(C)N1CCCC1CO. The molecule has 1 rings (SSSR count). The third kappa shape index (κ3) is 3.43. The third-order valence-electron chi connectivity index (χ3n) is 3.12. The highest BCUT2D eigenvalue weighted by Gasteiger charge is 2.31. The Hall–Kier alpha value is -0.650. The van der Waals surface area contributed by atoms with Gasteiger partial charge in [0, 0.05) is 19.7 Å². The third-order valence-corrected chi connectivity index (χ3v) is 3.12. The molecule has 0 aliphatic carbocycles. The van der Waals surface area contributed by atoms with Gasteiger partial charge in [0.2, 0.25) is 5.91 Å². The molecule has 0 aromatic carbocycles. The first-order valence-electron chi connectivity index (χ1n) is 5.84. The van der Waals surface area contributed by atoms with Gasteiger partial charge in [0.25, 0.3) is 0 Å². The molecule has 0 radical (unpaired) electrons. The molecule has 2 N–H and O–H groups in total. The van der Waals surface area contributed by atoms with E-state index in [-0.39, 0.29) is 24.6 Å². The van der Waals surface area contributed by atoms with Crippen LogP contribution in [0.4, 0.5) is 0 Å². The molecule has 0 aromatic rings. The van der Waals surface area contributed by atoms with Crippen molar-refractivity contribution in [2.24, 2.45) is 0 Å². The van der Waals surface area contributed by atoms with Crippen LogP contribution < -0.4 is 5.32 Å². The number of hydrogen-bond acceptors (Lipinski definition) is 4. The summed E-state index contributed by atoms with van der Waals surface area (Å²) in [4.78, 5) is 13.8. The number of rotatable bonds is 6. The number of aliphatic hydroxyl groups is 1. The molecule has 0 saturated carbocycles. The predicted molar refractivity (Wildman–Crippen MR) is 61.2 cm³/mol. The summed E-state index contributed by atoms with van der Waals surface area (Å²) in [5.41, 5.74) is 0. The quantitative estimate of drug-likeness (QED) is 0.609. The molecular weight excluding hydrogens is 208 g/mol. The molecule has 1 saturated heterocycles. The summed E-state index contributed by atoms with van der Waals surface area (Å²) in [5, 5.41) is 12.0. The zero-order valence-electron chi connectivity index (χ0n) is 10.1. The number of nitrogens with zero attached hydrogens (tertiary/aromatic N) is 1. The molecule has 2 unspecified atom stereocenters. The lowest BCUT2D eigenvalue weighted by molar-refractivity contribution is -0.126. The molecule has 1 heterocycles. The van der Waals surface area contributed by atoms with Gasteiger partial charge in [-0.1, -0.05) is 0 Å². The second kappa shape index (κ2) is 6.83. The Morgan fingerprint density at radius 3 is 3.06 bits per heavy atom. The van der Waals surface area contributed by atoms with Crippen LogP contribution in [0.15, 0.2) is 0 Å². The van der Waals surface area contributed by atoms with E-state index < -0.39 is 0 Å². The van der Waals surface area contributed by atoms with Crippen LogP contribution in [-0.2, 0) is 9.53 Å². The molecule has 0 aromatic heterocycles. The number of ether oxygens (including phenoxy) is 1. The first-order valence-corrected chi connectivity index (χ1v) is 5.84. The highest BCUT2D eigenvalue weighted by atomic mass is 16.5. The van der Waals surface area contributed by atoms with Crippen LogP contribution in [-0.4, -0.2) is 61.4 Å². The summed E-state index contributed by atoms with van der Waals surface area (Å²) in [5.74, 6) is 0.0115. The number of aliphatic hydroxyl groups excluding tert-OH is 1. The minimum absolute atomic E-state index is 0.0115. The standard InChI is InChI=1S/C11H22N2O3/c1-9(11(15)12-5-7-16-2)13-6-3-4-10(13)8-14/h9-10,14H,3-8H2,1-2H3,(H,12,15). The maximum atomic E-state index is 11.8. The Morgan fingerprint density at radius 1 is 1.69 bits per heavy atom. The second-order valence-electron chi connectivity index (χ2n) is 4.18. The van der Waals surface area contributed by atoms with Crippen molar-refractivity contribution in [3.8, 4) is 0 Å². The van der Waals surface area contributed by atoms with Crippen LogP contribution in [0.3, 0.4) is 0 Å². The van der Waals surface area contributed by atoms with Crippen molar-refractivity contribution in [2.45, 2.75) is 31.8 Å². The van der Waals surface area contributed by atoms with Crippen molar-refractivity contribution in [3.63, 3.8) is 0 Å². The number of carbonyl (C=O) groups excluding carboxylic acids is 1. The number of methoxy groups -OCH3 is 1. The maximum Gasteiger partial charge on any atom is 0.237 e. The minimum Gasteiger partial charge on any atom is -0.395 e. The maximum absolute atomic E-state index is 11.8. The van der Waals surface area contributed by atoms with Crippen molar-refractivity contribution in [1.82, 2.24) is 10.2 Å². The van der Waals surface area contributed by atoms with Gasteiger partial charge in [-0.25, -0.2) is 0 Å². The van der Waals surface area contributed by atoms with E-state index >= 15 is 0 Å². The number of amides is 1. The Morgan fingerprint density at radius 2 is 2.44 bits per heavy atom. The van der Waals surface area contributed by atoms with Crippen molar-refractivity contribution in [1.29, 1.82) is 0 Å². The average Bonchev–Trinajstić information content (AvgIpc) is 2.76. The minimum atomic E-state index is -0.170. The molecule has 5 nitrogen and oxygen atoms in total. The van der Waals surface area contributed by atoms with Gasteiger partial charge in [-0.05, 0) is 26.3 Å². The Bertz CT molecular complexity index is 223. The van der Waals surface area contributed by atoms with Crippen LogP contribution in [0.5, 0.6) is 0 Å². The Balaban J connectivity index is 2.37. The van der Waals surface area contributed by atoms with Crippen molar-refractivity contribution in [3.05, 3.63) is 0 Å². The van der Waals surface area contributed by atoms with Gasteiger partial charge >= 0.3 is 0 Å². The fraction of sp³-hybridized carbons (Fsp3) is 0.909. The lowest BCUT2D eigenvalue weighted by Gasteiger charge is -2.28. The molecule has 1 amide bonds. The summed E-state index contributed by atoms with van der Waals surface area (Å²) in [6.07, 6.45) is 2.03. The molecule has 5 heteroatoms. The molecule has 16 heavy (non-hydrogen) atoms. The van der Waals surface area contributed by atoms with E-state index in [9.17, 15) is 9.90 Å². The topological polar surface area (TPSA) is 61.8 Å². The van der Waals surface area contributed by atoms with E-state index in [1.54, 1.807) is 7.11 Å². The number of carbonyl (C=O) groups is 1. The Kier molecular flexibility index (Phi) is 5.73. The van der Waals surface area contributed by atoms with Gasteiger partial charge in [-0.15, -0.1) is 0 Å². The molecule has 2 atom stereocenters. The largest absolute Gasteiger partial charge is 0.395 e. The average molecular weight is 230 g/mol. The van der Waals surface area contributed by atoms with E-state index in [4.69, 9.17) is 4.74 Å². The van der Waals surface area contributed by atoms with Crippen molar-refractivity contribution < 1.29 is 14.6 Å². The summed E-state index contributed by atoms with van der Waals surface area (Å²) >= 11 is 0. The van der Waals surface area contributed by atoms with E-state index in [0.29, 0.717) is 13.2 Å². The predicted octanol–water partition coefficient (Wildman–Crippen LogP) is -0.406. The van der Waals surface area contributed by atoms with E-state index in [2.05, 4.69) is 10.2 Å².